The molecule has 0 aliphatic rings. The molecule has 0 atom stereocenters. The summed E-state index contributed by atoms with van der Waals surface area (Å²) in [6.45, 7) is 5.33. The van der Waals surface area contributed by atoms with Gasteiger partial charge in [0.05, 0.1) is 15.6 Å². The van der Waals surface area contributed by atoms with E-state index in [1.165, 1.54) is 4.90 Å². The number of carbonyl (C=O) groups excluding carboxylic acids is 2. The van der Waals surface area contributed by atoms with Crippen LogP contribution in [-0.4, -0.2) is 24.0 Å². The van der Waals surface area contributed by atoms with E-state index in [2.05, 4.69) is 0 Å². The van der Waals surface area contributed by atoms with E-state index in [-0.39, 0.29) is 22.2 Å². The summed E-state index contributed by atoms with van der Waals surface area (Å²) in [6.07, 6.45) is 0. The predicted molar refractivity (Wildman–Crippen MR) is 131 cm³/mol. The van der Waals surface area contributed by atoms with E-state index >= 15 is 0 Å². The molecule has 7 heteroatoms. The van der Waals surface area contributed by atoms with Crippen molar-refractivity contribution in [2.75, 3.05) is 11.4 Å². The Bertz CT molecular complexity index is 1110. The van der Waals surface area contributed by atoms with E-state index in [4.69, 9.17) is 32.7 Å². The van der Waals surface area contributed by atoms with Gasteiger partial charge in [-0.2, -0.15) is 0 Å². The summed E-state index contributed by atoms with van der Waals surface area (Å²) in [6, 6.07) is 21.5. The van der Waals surface area contributed by atoms with Crippen LogP contribution < -0.4 is 9.64 Å². The van der Waals surface area contributed by atoms with Gasteiger partial charge in [0, 0.05) is 11.8 Å². The number of nitrogens with zero attached hydrogens (tertiary/aromatic N) is 1. The number of anilines is 1. The molecule has 1 amide bonds. The van der Waals surface area contributed by atoms with E-state index in [9.17, 15) is 9.59 Å². The molecule has 3 aromatic rings. The molecule has 0 radical (unpaired) electrons. The number of hydrogen-bond acceptors (Lipinski definition) is 4. The van der Waals surface area contributed by atoms with Crippen molar-refractivity contribution in [3.05, 3.63) is 94.0 Å². The van der Waals surface area contributed by atoms with E-state index in [0.29, 0.717) is 18.0 Å². The zero-order valence-corrected chi connectivity index (χ0v) is 20.2. The van der Waals surface area contributed by atoms with Crippen molar-refractivity contribution in [1.29, 1.82) is 0 Å². The molecule has 0 bridgehead atoms. The van der Waals surface area contributed by atoms with Gasteiger partial charge in [0.1, 0.15) is 24.5 Å². The van der Waals surface area contributed by atoms with Gasteiger partial charge in [0.2, 0.25) is 0 Å². The molecule has 5 nitrogen and oxygen atoms in total. The first-order chi connectivity index (χ1) is 15.6. The standard InChI is InChI=1S/C26H25Cl2NO4/c1-26(2,3)33-23(30)16-29(25(31)24-21(27)13-8-14-22(24)28)19-11-7-12-20(15-19)32-17-18-9-5-4-6-10-18/h4-15H,16-17H2,1-3H3. The van der Waals surface area contributed by atoms with Crippen molar-refractivity contribution in [2.24, 2.45) is 0 Å². The summed E-state index contributed by atoms with van der Waals surface area (Å²) < 4.78 is 11.3. The SMILES string of the molecule is CC(C)(C)OC(=O)CN(C(=O)c1c(Cl)cccc1Cl)c1cccc(OCc2ccccc2)c1. The van der Waals surface area contributed by atoms with Crippen molar-refractivity contribution >= 4 is 40.8 Å². The molecular weight excluding hydrogens is 461 g/mol. The van der Waals surface area contributed by atoms with Crippen LogP contribution >= 0.6 is 23.2 Å². The molecule has 3 aromatic carbocycles. The van der Waals surface area contributed by atoms with Gasteiger partial charge in [-0.1, -0.05) is 65.7 Å². The van der Waals surface area contributed by atoms with Gasteiger partial charge in [-0.05, 0) is 50.6 Å². The smallest absolute Gasteiger partial charge is 0.326 e. The number of halogens is 2. The number of amides is 1. The number of rotatable bonds is 7. The maximum atomic E-state index is 13.5. The second-order valence-corrected chi connectivity index (χ2v) is 9.16. The van der Waals surface area contributed by atoms with Crippen molar-refractivity contribution in [3.63, 3.8) is 0 Å². The molecule has 0 fully saturated rings. The topological polar surface area (TPSA) is 55.8 Å². The Kier molecular flexibility index (Phi) is 8.01. The summed E-state index contributed by atoms with van der Waals surface area (Å²) in [4.78, 5) is 27.4. The van der Waals surface area contributed by atoms with Crippen LogP contribution in [0.1, 0.15) is 36.7 Å². The normalized spacial score (nSPS) is 11.1. The largest absolute Gasteiger partial charge is 0.489 e. The van der Waals surface area contributed by atoms with Crippen molar-refractivity contribution in [2.45, 2.75) is 33.0 Å². The van der Waals surface area contributed by atoms with Gasteiger partial charge in [-0.15, -0.1) is 0 Å². The lowest BCUT2D eigenvalue weighted by Gasteiger charge is -2.26. The first kappa shape index (κ1) is 24.6. The fourth-order valence-corrected chi connectivity index (χ4v) is 3.66. The lowest BCUT2D eigenvalue weighted by molar-refractivity contribution is -0.152. The molecule has 172 valence electrons. The van der Waals surface area contributed by atoms with Crippen LogP contribution in [0.2, 0.25) is 10.0 Å². The fourth-order valence-electron chi connectivity index (χ4n) is 3.10. The van der Waals surface area contributed by atoms with E-state index in [1.54, 1.807) is 63.2 Å². The van der Waals surface area contributed by atoms with Crippen LogP contribution in [-0.2, 0) is 16.1 Å². The quantitative estimate of drug-likeness (QED) is 0.355. The van der Waals surface area contributed by atoms with E-state index in [1.807, 2.05) is 30.3 Å². The molecule has 3 rings (SSSR count). The second kappa shape index (κ2) is 10.7. The third-order valence-corrected chi connectivity index (χ3v) is 5.14. The Morgan fingerprint density at radius 3 is 2.15 bits per heavy atom. The minimum atomic E-state index is -0.700. The summed E-state index contributed by atoms with van der Waals surface area (Å²) in [7, 11) is 0. The van der Waals surface area contributed by atoms with Crippen LogP contribution in [0.25, 0.3) is 0 Å². The Balaban J connectivity index is 1.91. The van der Waals surface area contributed by atoms with Crippen LogP contribution in [0.15, 0.2) is 72.8 Å². The molecule has 0 aliphatic heterocycles. The first-order valence-corrected chi connectivity index (χ1v) is 11.1. The van der Waals surface area contributed by atoms with Gasteiger partial charge >= 0.3 is 5.97 Å². The Morgan fingerprint density at radius 2 is 1.52 bits per heavy atom. The highest BCUT2D eigenvalue weighted by atomic mass is 35.5. The number of carbonyl (C=O) groups is 2. The average Bonchev–Trinajstić information content (AvgIpc) is 2.75. The maximum Gasteiger partial charge on any atom is 0.326 e. The highest BCUT2D eigenvalue weighted by molar-refractivity contribution is 6.40. The summed E-state index contributed by atoms with van der Waals surface area (Å²) >= 11 is 12.5. The molecule has 0 spiro atoms. The lowest BCUT2D eigenvalue weighted by atomic mass is 10.1. The molecule has 0 heterocycles. The first-order valence-electron chi connectivity index (χ1n) is 10.4. The number of esters is 1. The molecule has 0 saturated heterocycles. The second-order valence-electron chi connectivity index (χ2n) is 8.35. The van der Waals surface area contributed by atoms with E-state index < -0.39 is 17.5 Å². The molecule has 0 unspecified atom stereocenters. The summed E-state index contributed by atoms with van der Waals surface area (Å²) in [5.74, 6) is -0.533. The Hall–Kier alpha value is -3.02. The van der Waals surface area contributed by atoms with Gasteiger partial charge in [-0.25, -0.2) is 0 Å². The molecule has 0 aliphatic carbocycles. The third-order valence-electron chi connectivity index (χ3n) is 4.51. The summed E-state index contributed by atoms with van der Waals surface area (Å²) in [5.41, 5.74) is 0.869. The molecule has 0 saturated carbocycles. The van der Waals surface area contributed by atoms with Gasteiger partial charge in [-0.3, -0.25) is 14.5 Å². The lowest BCUT2D eigenvalue weighted by Crippen LogP contribution is -2.39. The molecule has 0 N–H and O–H groups in total. The third kappa shape index (κ3) is 6.98. The highest BCUT2D eigenvalue weighted by Gasteiger charge is 2.27. The minimum absolute atomic E-state index is 0.111. The van der Waals surface area contributed by atoms with Crippen molar-refractivity contribution in [3.8, 4) is 5.75 Å². The Labute approximate surface area is 203 Å². The van der Waals surface area contributed by atoms with Gasteiger partial charge < -0.3 is 9.47 Å². The van der Waals surface area contributed by atoms with Crippen molar-refractivity contribution in [1.82, 2.24) is 0 Å². The molecule has 33 heavy (non-hydrogen) atoms. The Morgan fingerprint density at radius 1 is 0.879 bits per heavy atom. The zero-order valence-electron chi connectivity index (χ0n) is 18.7. The van der Waals surface area contributed by atoms with Crippen LogP contribution in [0.5, 0.6) is 5.75 Å². The number of benzene rings is 3. The zero-order chi connectivity index (χ0) is 24.0. The van der Waals surface area contributed by atoms with Gasteiger partial charge in [0.15, 0.2) is 0 Å². The van der Waals surface area contributed by atoms with Crippen molar-refractivity contribution < 1.29 is 19.1 Å². The van der Waals surface area contributed by atoms with Crippen LogP contribution in [0.4, 0.5) is 5.69 Å². The minimum Gasteiger partial charge on any atom is -0.489 e. The molecular formula is C26H25Cl2NO4. The summed E-state index contributed by atoms with van der Waals surface area (Å²) in [5, 5.41) is 0.386. The fraction of sp³-hybridized carbons (Fsp3) is 0.231. The highest BCUT2D eigenvalue weighted by Crippen LogP contribution is 2.29. The average molecular weight is 486 g/mol. The van der Waals surface area contributed by atoms with Gasteiger partial charge in [0.25, 0.3) is 5.91 Å². The van der Waals surface area contributed by atoms with Crippen LogP contribution in [0, 0.1) is 0 Å². The van der Waals surface area contributed by atoms with E-state index in [0.717, 1.165) is 5.56 Å². The predicted octanol–water partition coefficient (Wildman–Crippen LogP) is 6.56. The number of ether oxygens (including phenoxy) is 2. The molecule has 0 aromatic heterocycles. The van der Waals surface area contributed by atoms with Crippen LogP contribution in [0.3, 0.4) is 0 Å². The maximum absolute atomic E-state index is 13.5. The monoisotopic (exact) mass is 485 g/mol. The number of hydrogen-bond donors (Lipinski definition) is 0.